The van der Waals surface area contributed by atoms with E-state index in [9.17, 15) is 4.79 Å². The fourth-order valence-electron chi connectivity index (χ4n) is 3.32. The van der Waals surface area contributed by atoms with E-state index in [4.69, 9.17) is 4.52 Å². The van der Waals surface area contributed by atoms with Gasteiger partial charge in [0.05, 0.1) is 34.2 Å². The molecule has 1 aromatic carbocycles. The second kappa shape index (κ2) is 6.52. The number of aryl methyl sites for hydroxylation is 2. The molecule has 0 saturated heterocycles. The average Bonchev–Trinajstić information content (AvgIpc) is 3.31. The van der Waals surface area contributed by atoms with Crippen molar-refractivity contribution in [3.8, 4) is 11.3 Å². The van der Waals surface area contributed by atoms with Crippen LogP contribution in [0.25, 0.3) is 33.4 Å². The summed E-state index contributed by atoms with van der Waals surface area (Å²) in [5.41, 5.74) is 4.96. The predicted molar refractivity (Wildman–Crippen MR) is 109 cm³/mol. The van der Waals surface area contributed by atoms with Crippen LogP contribution in [-0.4, -0.2) is 31.2 Å². The zero-order valence-corrected chi connectivity index (χ0v) is 15.7. The van der Waals surface area contributed by atoms with Gasteiger partial charge in [0.2, 0.25) is 0 Å². The van der Waals surface area contributed by atoms with Gasteiger partial charge in [0.1, 0.15) is 0 Å². The van der Waals surface area contributed by atoms with Crippen LogP contribution >= 0.6 is 0 Å². The molecule has 142 valence electrons. The molecule has 0 aliphatic carbocycles. The molecule has 0 atom stereocenters. The molecular formula is C21H16N6O2. The number of H-pyrrole nitrogens is 1. The number of benzene rings is 1. The number of fused-ring (bicyclic) bond motifs is 2. The van der Waals surface area contributed by atoms with Crippen LogP contribution in [0, 0.1) is 13.8 Å². The van der Waals surface area contributed by atoms with Crippen molar-refractivity contribution in [1.82, 2.24) is 25.3 Å². The SMILES string of the molecule is Cc1[nH]nc2ncc(NC(=O)c3cc(-c4ccccc4)nc4onc(C)c34)cc12. The fourth-order valence-corrected chi connectivity index (χ4v) is 3.32. The molecule has 29 heavy (non-hydrogen) atoms. The Bertz CT molecular complexity index is 1370. The molecule has 8 nitrogen and oxygen atoms in total. The molecular weight excluding hydrogens is 368 g/mol. The number of carbonyl (C=O) groups excluding carboxylic acids is 1. The lowest BCUT2D eigenvalue weighted by molar-refractivity contribution is 0.102. The van der Waals surface area contributed by atoms with E-state index in [1.54, 1.807) is 19.2 Å². The zero-order chi connectivity index (χ0) is 20.0. The summed E-state index contributed by atoms with van der Waals surface area (Å²) in [6, 6.07) is 13.2. The van der Waals surface area contributed by atoms with E-state index in [1.165, 1.54) is 0 Å². The maximum atomic E-state index is 13.2. The van der Waals surface area contributed by atoms with Gasteiger partial charge in [-0.25, -0.2) is 9.97 Å². The Hall–Kier alpha value is -4.07. The Labute approximate surface area is 165 Å². The smallest absolute Gasteiger partial charge is 0.259 e. The molecule has 0 spiro atoms. The topological polar surface area (TPSA) is 110 Å². The number of nitrogens with zero attached hydrogens (tertiary/aromatic N) is 4. The Morgan fingerprint density at radius 3 is 2.79 bits per heavy atom. The lowest BCUT2D eigenvalue weighted by atomic mass is 10.1. The largest absolute Gasteiger partial charge is 0.335 e. The third-order valence-electron chi connectivity index (χ3n) is 4.79. The van der Waals surface area contributed by atoms with Crippen molar-refractivity contribution < 1.29 is 9.32 Å². The van der Waals surface area contributed by atoms with Gasteiger partial charge >= 0.3 is 0 Å². The van der Waals surface area contributed by atoms with E-state index in [0.29, 0.717) is 39.4 Å². The van der Waals surface area contributed by atoms with Gasteiger partial charge in [-0.2, -0.15) is 5.10 Å². The molecule has 0 bridgehead atoms. The molecule has 0 aliphatic heterocycles. The number of aromatic nitrogens is 5. The number of anilines is 1. The van der Waals surface area contributed by atoms with Gasteiger partial charge in [0, 0.05) is 16.6 Å². The summed E-state index contributed by atoms with van der Waals surface area (Å²) >= 11 is 0. The van der Waals surface area contributed by atoms with Gasteiger partial charge in [0.25, 0.3) is 11.6 Å². The second-order valence-corrected chi connectivity index (χ2v) is 6.77. The standard InChI is InChI=1S/C21H16N6O2/c1-11-15-8-14(10-22-19(15)26-25-11)23-20(28)16-9-17(13-6-4-3-5-7-13)24-21-18(16)12(2)27-29-21/h3-10H,1-2H3,(H,23,28)(H,22,25,26). The van der Waals surface area contributed by atoms with E-state index in [0.717, 1.165) is 16.6 Å². The minimum atomic E-state index is -0.289. The number of nitrogens with one attached hydrogen (secondary N) is 2. The van der Waals surface area contributed by atoms with E-state index < -0.39 is 0 Å². The van der Waals surface area contributed by atoms with Crippen molar-refractivity contribution >= 4 is 33.7 Å². The first-order valence-corrected chi connectivity index (χ1v) is 9.04. The molecule has 4 aromatic heterocycles. The molecule has 2 N–H and O–H groups in total. The van der Waals surface area contributed by atoms with Gasteiger partial charge in [-0.3, -0.25) is 9.89 Å². The molecule has 0 saturated carbocycles. The van der Waals surface area contributed by atoms with Crippen LogP contribution in [0.4, 0.5) is 5.69 Å². The van der Waals surface area contributed by atoms with E-state index in [1.807, 2.05) is 43.3 Å². The number of hydrogen-bond acceptors (Lipinski definition) is 6. The number of hydrogen-bond donors (Lipinski definition) is 2. The van der Waals surface area contributed by atoms with E-state index >= 15 is 0 Å². The van der Waals surface area contributed by atoms with Gasteiger partial charge in [-0.15, -0.1) is 0 Å². The summed E-state index contributed by atoms with van der Waals surface area (Å²) in [5.74, 6) is -0.289. The van der Waals surface area contributed by atoms with E-state index in [-0.39, 0.29) is 5.91 Å². The van der Waals surface area contributed by atoms with Gasteiger partial charge in [-0.05, 0) is 26.0 Å². The number of pyridine rings is 2. The van der Waals surface area contributed by atoms with Crippen molar-refractivity contribution in [2.45, 2.75) is 13.8 Å². The van der Waals surface area contributed by atoms with Crippen LogP contribution in [0.1, 0.15) is 21.7 Å². The zero-order valence-electron chi connectivity index (χ0n) is 15.7. The first-order valence-electron chi connectivity index (χ1n) is 9.04. The second-order valence-electron chi connectivity index (χ2n) is 6.77. The minimum absolute atomic E-state index is 0.289. The van der Waals surface area contributed by atoms with Gasteiger partial charge in [-0.1, -0.05) is 35.5 Å². The summed E-state index contributed by atoms with van der Waals surface area (Å²) in [6.45, 7) is 3.69. The Morgan fingerprint density at radius 1 is 1.14 bits per heavy atom. The van der Waals surface area contributed by atoms with Crippen LogP contribution in [0.2, 0.25) is 0 Å². The number of aromatic amines is 1. The lowest BCUT2D eigenvalue weighted by Gasteiger charge is -2.08. The summed E-state index contributed by atoms with van der Waals surface area (Å²) in [4.78, 5) is 22.0. The van der Waals surface area contributed by atoms with Crippen LogP contribution < -0.4 is 5.32 Å². The summed E-state index contributed by atoms with van der Waals surface area (Å²) in [5, 5.41) is 15.3. The molecule has 0 aliphatic rings. The third-order valence-corrected chi connectivity index (χ3v) is 4.79. The monoisotopic (exact) mass is 384 g/mol. The fraction of sp³-hybridized carbons (Fsp3) is 0.0952. The summed E-state index contributed by atoms with van der Waals surface area (Å²) < 4.78 is 5.35. The van der Waals surface area contributed by atoms with E-state index in [2.05, 4.69) is 30.6 Å². The molecule has 5 aromatic rings. The highest BCUT2D eigenvalue weighted by atomic mass is 16.5. The van der Waals surface area contributed by atoms with Gasteiger partial charge in [0.15, 0.2) is 5.65 Å². The molecule has 0 radical (unpaired) electrons. The average molecular weight is 384 g/mol. The Balaban J connectivity index is 1.59. The quantitative estimate of drug-likeness (QED) is 0.486. The highest BCUT2D eigenvalue weighted by molar-refractivity contribution is 6.13. The number of carbonyl (C=O) groups is 1. The number of amides is 1. The maximum absolute atomic E-state index is 13.2. The minimum Gasteiger partial charge on any atom is -0.335 e. The normalized spacial score (nSPS) is 11.2. The first kappa shape index (κ1) is 17.1. The third kappa shape index (κ3) is 2.91. The van der Waals surface area contributed by atoms with Crippen molar-refractivity contribution in [2.24, 2.45) is 0 Å². The Morgan fingerprint density at radius 2 is 1.97 bits per heavy atom. The molecule has 0 unspecified atom stereocenters. The molecule has 0 fully saturated rings. The van der Waals surface area contributed by atoms with Crippen LogP contribution in [-0.2, 0) is 0 Å². The van der Waals surface area contributed by atoms with Crippen molar-refractivity contribution in [3.05, 3.63) is 65.6 Å². The van der Waals surface area contributed by atoms with Crippen molar-refractivity contribution in [3.63, 3.8) is 0 Å². The lowest BCUT2D eigenvalue weighted by Crippen LogP contribution is -2.13. The van der Waals surface area contributed by atoms with Crippen molar-refractivity contribution in [1.29, 1.82) is 0 Å². The number of rotatable bonds is 3. The molecule has 4 heterocycles. The summed E-state index contributed by atoms with van der Waals surface area (Å²) in [6.07, 6.45) is 1.58. The molecule has 5 rings (SSSR count). The van der Waals surface area contributed by atoms with Crippen LogP contribution in [0.15, 0.2) is 53.2 Å². The highest BCUT2D eigenvalue weighted by Gasteiger charge is 2.20. The highest BCUT2D eigenvalue weighted by Crippen LogP contribution is 2.28. The Kier molecular flexibility index (Phi) is 3.83. The van der Waals surface area contributed by atoms with Crippen molar-refractivity contribution in [2.75, 3.05) is 5.32 Å². The maximum Gasteiger partial charge on any atom is 0.259 e. The van der Waals surface area contributed by atoms with Gasteiger partial charge < -0.3 is 9.84 Å². The first-order chi connectivity index (χ1) is 14.1. The molecule has 8 heteroatoms. The molecule has 1 amide bonds. The van der Waals surface area contributed by atoms with Crippen LogP contribution in [0.5, 0.6) is 0 Å². The van der Waals surface area contributed by atoms with Crippen LogP contribution in [0.3, 0.4) is 0 Å². The predicted octanol–water partition coefficient (Wildman–Crippen LogP) is 4.03. The summed E-state index contributed by atoms with van der Waals surface area (Å²) in [7, 11) is 0.